The summed E-state index contributed by atoms with van der Waals surface area (Å²) < 4.78 is 53.6. The van der Waals surface area contributed by atoms with Gasteiger partial charge in [-0.15, -0.1) is 0 Å². The minimum absolute atomic E-state index is 0.0175. The molecule has 1 amide bonds. The van der Waals surface area contributed by atoms with Crippen LogP contribution in [0.4, 0.5) is 5.69 Å². The maximum absolute atomic E-state index is 12.3. The van der Waals surface area contributed by atoms with E-state index in [0.717, 1.165) is 25.7 Å². The minimum atomic E-state index is -3.83. The average Bonchev–Trinajstić information content (AvgIpc) is 3.13. The second kappa shape index (κ2) is 7.02. The third-order valence-corrected chi connectivity index (χ3v) is 7.27. The Bertz CT molecular complexity index is 874. The summed E-state index contributed by atoms with van der Waals surface area (Å²) in [4.78, 5) is 11.4. The molecule has 1 aliphatic heterocycles. The second-order valence-corrected chi connectivity index (χ2v) is 10.0. The van der Waals surface area contributed by atoms with Crippen molar-refractivity contribution in [1.82, 2.24) is 9.44 Å². The highest BCUT2D eigenvalue weighted by Gasteiger charge is 2.24. The van der Waals surface area contributed by atoms with Crippen LogP contribution in [-0.2, 0) is 31.3 Å². The third-order valence-electron chi connectivity index (χ3n) is 4.38. The Morgan fingerprint density at radius 2 is 1.84 bits per heavy atom. The van der Waals surface area contributed by atoms with E-state index in [0.29, 0.717) is 11.3 Å². The number of anilines is 1. The van der Waals surface area contributed by atoms with Crippen LogP contribution >= 0.6 is 0 Å². The van der Waals surface area contributed by atoms with Gasteiger partial charge in [-0.1, -0.05) is 12.8 Å². The van der Waals surface area contributed by atoms with Crippen LogP contribution in [0.25, 0.3) is 0 Å². The molecule has 0 bridgehead atoms. The number of hydrogen-bond donors (Lipinski definition) is 3. The van der Waals surface area contributed by atoms with Gasteiger partial charge in [0.2, 0.25) is 26.0 Å². The fourth-order valence-corrected chi connectivity index (χ4v) is 5.57. The van der Waals surface area contributed by atoms with Crippen LogP contribution in [0.5, 0.6) is 0 Å². The molecular weight excluding hydrogens is 366 g/mol. The van der Waals surface area contributed by atoms with Gasteiger partial charge in [0.25, 0.3) is 0 Å². The first-order valence-corrected chi connectivity index (χ1v) is 11.3. The molecule has 0 saturated heterocycles. The number of sulfonamides is 2. The smallest absolute Gasteiger partial charge is 0.240 e. The second-order valence-electron chi connectivity index (χ2n) is 6.36. The van der Waals surface area contributed by atoms with Gasteiger partial charge in [-0.2, -0.15) is 0 Å². The zero-order valence-corrected chi connectivity index (χ0v) is 15.2. The van der Waals surface area contributed by atoms with Crippen molar-refractivity contribution in [2.75, 3.05) is 17.6 Å². The van der Waals surface area contributed by atoms with Gasteiger partial charge in [-0.05, 0) is 36.6 Å². The Labute approximate surface area is 147 Å². The highest BCUT2D eigenvalue weighted by molar-refractivity contribution is 7.90. The van der Waals surface area contributed by atoms with Gasteiger partial charge in [0, 0.05) is 18.3 Å². The lowest BCUT2D eigenvalue weighted by molar-refractivity contribution is -0.115. The number of rotatable bonds is 7. The maximum atomic E-state index is 12.3. The minimum Gasteiger partial charge on any atom is -0.326 e. The van der Waals surface area contributed by atoms with Crippen LogP contribution in [0.2, 0.25) is 0 Å². The van der Waals surface area contributed by atoms with Crippen molar-refractivity contribution in [3.63, 3.8) is 0 Å². The quantitative estimate of drug-likeness (QED) is 0.622. The molecule has 0 aromatic heterocycles. The number of carbonyl (C=O) groups excluding carboxylic acids is 1. The molecule has 1 aromatic rings. The molecule has 2 aliphatic rings. The maximum Gasteiger partial charge on any atom is 0.240 e. The average molecular weight is 387 g/mol. The molecular formula is C15H21N3O5S2. The van der Waals surface area contributed by atoms with Crippen LogP contribution < -0.4 is 14.8 Å². The van der Waals surface area contributed by atoms with Crippen molar-refractivity contribution in [3.05, 3.63) is 23.8 Å². The van der Waals surface area contributed by atoms with Gasteiger partial charge in [0.15, 0.2) is 0 Å². The van der Waals surface area contributed by atoms with Gasteiger partial charge < -0.3 is 5.32 Å². The first-order chi connectivity index (χ1) is 11.8. The highest BCUT2D eigenvalue weighted by Crippen LogP contribution is 2.25. The van der Waals surface area contributed by atoms with Crippen molar-refractivity contribution in [1.29, 1.82) is 0 Å². The number of benzene rings is 1. The number of nitrogens with one attached hydrogen (secondary N) is 3. The summed E-state index contributed by atoms with van der Waals surface area (Å²) in [6.45, 7) is -0.210. The zero-order chi connectivity index (χ0) is 18.1. The Kier molecular flexibility index (Phi) is 5.14. The lowest BCUT2D eigenvalue weighted by Crippen LogP contribution is -2.38. The number of hydrogen-bond acceptors (Lipinski definition) is 5. The lowest BCUT2D eigenvalue weighted by Gasteiger charge is -2.13. The molecule has 3 N–H and O–H groups in total. The molecule has 25 heavy (non-hydrogen) atoms. The first kappa shape index (κ1) is 18.3. The highest BCUT2D eigenvalue weighted by atomic mass is 32.2. The van der Waals surface area contributed by atoms with Crippen LogP contribution in [0.15, 0.2) is 23.1 Å². The van der Waals surface area contributed by atoms with E-state index in [1.807, 2.05) is 0 Å². The van der Waals surface area contributed by atoms with Crippen LogP contribution in [0, 0.1) is 0 Å². The van der Waals surface area contributed by atoms with Crippen LogP contribution in [0.1, 0.15) is 31.2 Å². The Morgan fingerprint density at radius 1 is 1.12 bits per heavy atom. The molecule has 1 heterocycles. The predicted octanol–water partition coefficient (Wildman–Crippen LogP) is 0.322. The van der Waals surface area contributed by atoms with Crippen molar-refractivity contribution >= 4 is 31.6 Å². The summed E-state index contributed by atoms with van der Waals surface area (Å²) in [5.41, 5.74) is 1.22. The number of amides is 1. The van der Waals surface area contributed by atoms with Crippen molar-refractivity contribution in [2.45, 2.75) is 43.0 Å². The SMILES string of the molecule is O=C1Cc2cc(S(=O)(=O)NCCS(=O)(=O)NC3CCCC3)ccc2N1. The molecule has 1 aliphatic carbocycles. The number of fused-ring (bicyclic) bond motifs is 1. The lowest BCUT2D eigenvalue weighted by atomic mass is 10.2. The fraction of sp³-hybridized carbons (Fsp3) is 0.533. The normalized spacial score (nSPS) is 18.3. The first-order valence-electron chi connectivity index (χ1n) is 8.18. The van der Waals surface area contributed by atoms with E-state index < -0.39 is 20.0 Å². The van der Waals surface area contributed by atoms with Gasteiger partial charge in [0.1, 0.15) is 0 Å². The third kappa shape index (κ3) is 4.57. The molecule has 138 valence electrons. The van der Waals surface area contributed by atoms with E-state index >= 15 is 0 Å². The predicted molar refractivity (Wildman–Crippen MR) is 93.1 cm³/mol. The van der Waals surface area contributed by atoms with E-state index in [1.54, 1.807) is 0 Å². The van der Waals surface area contributed by atoms with Crippen molar-refractivity contribution in [3.8, 4) is 0 Å². The molecule has 10 heteroatoms. The monoisotopic (exact) mass is 387 g/mol. The molecule has 3 rings (SSSR count). The molecule has 0 radical (unpaired) electrons. The van der Waals surface area contributed by atoms with E-state index in [9.17, 15) is 21.6 Å². The van der Waals surface area contributed by atoms with E-state index in [1.165, 1.54) is 18.2 Å². The summed E-state index contributed by atoms with van der Waals surface area (Å²) in [6.07, 6.45) is 3.81. The van der Waals surface area contributed by atoms with Gasteiger partial charge in [-0.25, -0.2) is 26.3 Å². The molecule has 1 fully saturated rings. The Balaban J connectivity index is 1.59. The molecule has 0 spiro atoms. The molecule has 1 saturated carbocycles. The molecule has 1 aromatic carbocycles. The van der Waals surface area contributed by atoms with E-state index in [2.05, 4.69) is 14.8 Å². The van der Waals surface area contributed by atoms with E-state index in [-0.39, 0.29) is 35.6 Å². The fourth-order valence-electron chi connectivity index (χ4n) is 3.12. The Hall–Kier alpha value is -1.49. The summed E-state index contributed by atoms with van der Waals surface area (Å²) in [7, 11) is -7.35. The van der Waals surface area contributed by atoms with Crippen molar-refractivity contribution < 1.29 is 21.6 Å². The zero-order valence-electron chi connectivity index (χ0n) is 13.6. The van der Waals surface area contributed by atoms with Crippen LogP contribution in [0.3, 0.4) is 0 Å². The number of carbonyl (C=O) groups is 1. The van der Waals surface area contributed by atoms with Gasteiger partial charge in [0.05, 0.1) is 17.1 Å². The topological polar surface area (TPSA) is 121 Å². The van der Waals surface area contributed by atoms with E-state index in [4.69, 9.17) is 0 Å². The Morgan fingerprint density at radius 3 is 2.56 bits per heavy atom. The summed E-state index contributed by atoms with van der Waals surface area (Å²) in [6, 6.07) is 4.31. The summed E-state index contributed by atoms with van der Waals surface area (Å²) >= 11 is 0. The summed E-state index contributed by atoms with van der Waals surface area (Å²) in [5, 5.41) is 2.63. The largest absolute Gasteiger partial charge is 0.326 e. The molecule has 8 nitrogen and oxygen atoms in total. The molecule has 0 atom stereocenters. The molecule has 0 unspecified atom stereocenters. The standard InChI is InChI=1S/C15H21N3O5S2/c19-15-10-11-9-13(5-6-14(11)17-15)25(22,23)16-7-8-24(20,21)18-12-3-1-2-4-12/h5-6,9,12,16,18H,1-4,7-8,10H2,(H,17,19). The van der Waals surface area contributed by atoms with Crippen molar-refractivity contribution in [2.24, 2.45) is 0 Å². The van der Waals surface area contributed by atoms with Gasteiger partial charge in [-0.3, -0.25) is 4.79 Å². The summed E-state index contributed by atoms with van der Waals surface area (Å²) in [5.74, 6) is -0.491. The van der Waals surface area contributed by atoms with Crippen LogP contribution in [-0.4, -0.2) is 41.1 Å². The van der Waals surface area contributed by atoms with Gasteiger partial charge >= 0.3 is 0 Å².